The first-order valence-corrected chi connectivity index (χ1v) is 8.32. The van der Waals surface area contributed by atoms with Crippen molar-refractivity contribution in [3.05, 3.63) is 70.1 Å². The van der Waals surface area contributed by atoms with Crippen molar-refractivity contribution < 1.29 is 9.21 Å². The number of aryl methyl sites for hydroxylation is 1. The van der Waals surface area contributed by atoms with Gasteiger partial charge in [0.2, 0.25) is 5.91 Å². The molecule has 1 aromatic carbocycles. The van der Waals surface area contributed by atoms with Crippen LogP contribution >= 0.6 is 22.6 Å². The molecule has 0 spiro atoms. The van der Waals surface area contributed by atoms with Gasteiger partial charge < -0.3 is 9.73 Å². The number of benzene rings is 1. The Morgan fingerprint density at radius 3 is 2.88 bits per heavy atom. The monoisotopic (exact) mass is 431 g/mol. The van der Waals surface area contributed by atoms with Gasteiger partial charge in [-0.2, -0.15) is 0 Å². The van der Waals surface area contributed by atoms with Crippen LogP contribution in [0.4, 0.5) is 5.69 Å². The summed E-state index contributed by atoms with van der Waals surface area (Å²) in [5.41, 5.74) is 2.44. The lowest BCUT2D eigenvalue weighted by Gasteiger charge is -2.06. The predicted octanol–water partition coefficient (Wildman–Crippen LogP) is 4.30. The Morgan fingerprint density at radius 2 is 2.12 bits per heavy atom. The number of carbonyl (C=O) groups is 1. The lowest BCUT2D eigenvalue weighted by atomic mass is 10.1. The van der Waals surface area contributed by atoms with E-state index in [4.69, 9.17) is 4.42 Å². The van der Waals surface area contributed by atoms with E-state index < -0.39 is 0 Å². The molecule has 0 bridgehead atoms. The molecule has 0 atom stereocenters. The van der Waals surface area contributed by atoms with Crippen LogP contribution in [0, 0.1) is 10.7 Å². The average Bonchev–Trinajstić information content (AvgIpc) is 2.99. The molecule has 0 aliphatic carbocycles. The van der Waals surface area contributed by atoms with Crippen LogP contribution in [0.15, 0.2) is 59.2 Å². The summed E-state index contributed by atoms with van der Waals surface area (Å²) in [7, 11) is 0. The molecule has 5 nitrogen and oxygen atoms in total. The predicted molar refractivity (Wildman–Crippen MR) is 101 cm³/mol. The highest BCUT2D eigenvalue weighted by atomic mass is 127. The minimum atomic E-state index is -0.225. The lowest BCUT2D eigenvalue weighted by Crippen LogP contribution is -2.07. The number of anilines is 1. The summed E-state index contributed by atoms with van der Waals surface area (Å²) in [6.07, 6.45) is 4.79. The molecular weight excluding hydrogens is 417 g/mol. The van der Waals surface area contributed by atoms with Crippen molar-refractivity contribution in [1.29, 1.82) is 0 Å². The Balaban J connectivity index is 1.72. The number of nitrogens with one attached hydrogen (secondary N) is 1. The van der Waals surface area contributed by atoms with Crippen molar-refractivity contribution in [2.45, 2.75) is 6.92 Å². The van der Waals surface area contributed by atoms with Crippen molar-refractivity contribution in [3.8, 4) is 11.3 Å². The average molecular weight is 431 g/mol. The molecule has 0 unspecified atom stereocenters. The van der Waals surface area contributed by atoms with Crippen LogP contribution in [0.2, 0.25) is 0 Å². The number of amides is 1. The van der Waals surface area contributed by atoms with Gasteiger partial charge in [0.05, 0.1) is 5.69 Å². The number of furan rings is 1. The number of hydrogen-bond donors (Lipinski definition) is 1. The fourth-order valence-electron chi connectivity index (χ4n) is 2.13. The van der Waals surface area contributed by atoms with Crippen LogP contribution in [-0.2, 0) is 4.79 Å². The minimum Gasteiger partial charge on any atom is -0.451 e. The van der Waals surface area contributed by atoms with E-state index in [2.05, 4.69) is 37.9 Å². The van der Waals surface area contributed by atoms with Gasteiger partial charge in [-0.1, -0.05) is 12.1 Å². The Hall–Kier alpha value is -2.48. The Morgan fingerprint density at radius 1 is 1.25 bits per heavy atom. The summed E-state index contributed by atoms with van der Waals surface area (Å²) < 4.78 is 6.16. The zero-order chi connectivity index (χ0) is 16.9. The molecule has 6 heteroatoms. The second kappa shape index (κ2) is 7.39. The molecule has 0 saturated carbocycles. The molecule has 24 heavy (non-hydrogen) atoms. The summed E-state index contributed by atoms with van der Waals surface area (Å²) in [5, 5.41) is 2.83. The van der Waals surface area contributed by atoms with Crippen LogP contribution in [0.5, 0.6) is 0 Å². The van der Waals surface area contributed by atoms with Crippen molar-refractivity contribution in [3.63, 3.8) is 0 Å². The zero-order valence-corrected chi connectivity index (χ0v) is 15.0. The van der Waals surface area contributed by atoms with Gasteiger partial charge in [-0.25, -0.2) is 9.97 Å². The maximum absolute atomic E-state index is 12.0. The van der Waals surface area contributed by atoms with Crippen LogP contribution in [0.3, 0.4) is 0 Å². The fraction of sp³-hybridized carbons (Fsp3) is 0.0556. The van der Waals surface area contributed by atoms with Crippen LogP contribution in [0.25, 0.3) is 17.3 Å². The molecule has 1 N–H and O–H groups in total. The number of hydrogen-bond acceptors (Lipinski definition) is 4. The SMILES string of the molecule is Cc1nccc(-c2cccc(NC(=O)/C=C/c3ccc(I)o3)c2)n1. The van der Waals surface area contributed by atoms with E-state index in [9.17, 15) is 4.79 Å². The molecule has 2 heterocycles. The van der Waals surface area contributed by atoms with Gasteiger partial charge in [0.25, 0.3) is 0 Å². The van der Waals surface area contributed by atoms with Crippen LogP contribution < -0.4 is 5.32 Å². The zero-order valence-electron chi connectivity index (χ0n) is 12.9. The maximum atomic E-state index is 12.0. The Bertz CT molecular complexity index is 903. The van der Waals surface area contributed by atoms with Crippen molar-refractivity contribution in [1.82, 2.24) is 9.97 Å². The third-order valence-corrected chi connectivity index (χ3v) is 3.77. The molecule has 1 amide bonds. The molecule has 3 aromatic rings. The van der Waals surface area contributed by atoms with Gasteiger partial charge in [-0.3, -0.25) is 4.79 Å². The first-order chi connectivity index (χ1) is 11.6. The highest BCUT2D eigenvalue weighted by molar-refractivity contribution is 14.1. The van der Waals surface area contributed by atoms with Gasteiger partial charge in [0.1, 0.15) is 11.6 Å². The molecule has 0 fully saturated rings. The second-order valence-corrected chi connectivity index (χ2v) is 6.10. The van der Waals surface area contributed by atoms with E-state index in [0.29, 0.717) is 17.3 Å². The summed E-state index contributed by atoms with van der Waals surface area (Å²) in [5.74, 6) is 1.12. The van der Waals surface area contributed by atoms with E-state index in [1.54, 1.807) is 12.3 Å². The minimum absolute atomic E-state index is 0.225. The topological polar surface area (TPSA) is 68.0 Å². The van der Waals surface area contributed by atoms with E-state index >= 15 is 0 Å². The van der Waals surface area contributed by atoms with Gasteiger partial charge in [-0.15, -0.1) is 0 Å². The third-order valence-electron chi connectivity index (χ3n) is 3.19. The summed E-state index contributed by atoms with van der Waals surface area (Å²) >= 11 is 2.08. The van der Waals surface area contributed by atoms with Gasteiger partial charge in [0.15, 0.2) is 3.77 Å². The smallest absolute Gasteiger partial charge is 0.248 e. The summed E-state index contributed by atoms with van der Waals surface area (Å²) in [4.78, 5) is 20.5. The molecule has 0 aliphatic heterocycles. The molecule has 0 aliphatic rings. The number of aromatic nitrogens is 2. The Kier molecular flexibility index (Phi) is 5.05. The van der Waals surface area contributed by atoms with Gasteiger partial charge in [0, 0.05) is 23.5 Å². The number of nitrogens with zero attached hydrogens (tertiary/aromatic N) is 2. The lowest BCUT2D eigenvalue weighted by molar-refractivity contribution is -0.111. The molecule has 3 rings (SSSR count). The van der Waals surface area contributed by atoms with E-state index in [1.165, 1.54) is 6.08 Å². The first kappa shape index (κ1) is 16.4. The van der Waals surface area contributed by atoms with E-state index in [0.717, 1.165) is 15.0 Å². The molecule has 120 valence electrons. The number of halogens is 1. The van der Waals surface area contributed by atoms with E-state index in [-0.39, 0.29) is 5.91 Å². The van der Waals surface area contributed by atoms with Crippen molar-refractivity contribution in [2.24, 2.45) is 0 Å². The van der Waals surface area contributed by atoms with Crippen LogP contribution in [-0.4, -0.2) is 15.9 Å². The van der Waals surface area contributed by atoms with Gasteiger partial charge >= 0.3 is 0 Å². The summed E-state index contributed by atoms with van der Waals surface area (Å²) in [6, 6.07) is 13.0. The molecular formula is C18H14IN3O2. The van der Waals surface area contributed by atoms with Crippen molar-refractivity contribution >= 4 is 40.3 Å². The standard InChI is InChI=1S/C18H14IN3O2/c1-12-20-10-9-16(21-12)13-3-2-4-14(11-13)22-18(23)8-6-15-5-7-17(19)24-15/h2-11H,1H3,(H,22,23)/b8-6+. The summed E-state index contributed by atoms with van der Waals surface area (Å²) in [6.45, 7) is 1.84. The normalized spacial score (nSPS) is 10.9. The van der Waals surface area contributed by atoms with Crippen LogP contribution in [0.1, 0.15) is 11.6 Å². The second-order valence-electron chi connectivity index (χ2n) is 5.03. The fourth-order valence-corrected chi connectivity index (χ4v) is 2.57. The number of carbonyl (C=O) groups excluding carboxylic acids is 1. The molecule has 0 radical (unpaired) electrons. The highest BCUT2D eigenvalue weighted by Gasteiger charge is 2.04. The first-order valence-electron chi connectivity index (χ1n) is 7.25. The third kappa shape index (κ3) is 4.29. The Labute approximate surface area is 153 Å². The molecule has 2 aromatic heterocycles. The highest BCUT2D eigenvalue weighted by Crippen LogP contribution is 2.20. The number of rotatable bonds is 4. The van der Waals surface area contributed by atoms with Gasteiger partial charge in [-0.05, 0) is 65.9 Å². The molecule has 0 saturated heterocycles. The quantitative estimate of drug-likeness (QED) is 0.494. The maximum Gasteiger partial charge on any atom is 0.248 e. The largest absolute Gasteiger partial charge is 0.451 e. The van der Waals surface area contributed by atoms with Crippen molar-refractivity contribution in [2.75, 3.05) is 5.32 Å². The van der Waals surface area contributed by atoms with E-state index in [1.807, 2.05) is 49.4 Å².